The average Bonchev–Trinajstić information content (AvgIpc) is 2.74. The van der Waals surface area contributed by atoms with Gasteiger partial charge in [0.25, 0.3) is 5.56 Å². The number of H-pyrrole nitrogens is 1. The van der Waals surface area contributed by atoms with Crippen LogP contribution in [0.1, 0.15) is 37.5 Å². The molecule has 1 amide bonds. The zero-order chi connectivity index (χ0) is 24.4. The number of amides is 1. The third kappa shape index (κ3) is 5.91. The number of aromatic amines is 1. The van der Waals surface area contributed by atoms with Crippen LogP contribution in [0, 0.1) is 13.8 Å². The van der Waals surface area contributed by atoms with Crippen molar-refractivity contribution < 1.29 is 13.2 Å². The number of hydrogen-bond donors (Lipinski definition) is 2. The number of aromatic nitrogens is 2. The second kappa shape index (κ2) is 9.52. The summed E-state index contributed by atoms with van der Waals surface area (Å²) in [6, 6.07) is 12.1. The number of nitrogens with one attached hydrogen (secondary N) is 2. The predicted octanol–water partition coefficient (Wildman–Crippen LogP) is 4.25. The zero-order valence-electron chi connectivity index (χ0n) is 19.2. The first-order valence-electron chi connectivity index (χ1n) is 10.3. The molecule has 2 N–H and O–H groups in total. The van der Waals surface area contributed by atoms with Crippen LogP contribution in [-0.4, -0.2) is 30.0 Å². The molecule has 33 heavy (non-hydrogen) atoms. The van der Waals surface area contributed by atoms with Crippen LogP contribution >= 0.6 is 11.8 Å². The van der Waals surface area contributed by atoms with Gasteiger partial charge in [0.05, 0.1) is 16.8 Å². The Balaban J connectivity index is 1.70. The Morgan fingerprint density at radius 3 is 2.30 bits per heavy atom. The molecule has 7 nitrogen and oxygen atoms in total. The van der Waals surface area contributed by atoms with E-state index in [-0.39, 0.29) is 27.1 Å². The quantitative estimate of drug-likeness (QED) is 0.399. The molecule has 3 aromatic rings. The lowest BCUT2D eigenvalue weighted by Gasteiger charge is -2.19. The fraction of sp³-hybridized carbons (Fsp3) is 0.292. The normalized spacial score (nSPS) is 11.9. The van der Waals surface area contributed by atoms with Gasteiger partial charge in [-0.2, -0.15) is 0 Å². The molecule has 0 aliphatic heterocycles. The van der Waals surface area contributed by atoms with Crippen molar-refractivity contribution in [1.29, 1.82) is 0 Å². The first-order chi connectivity index (χ1) is 15.4. The Labute approximate surface area is 198 Å². The van der Waals surface area contributed by atoms with Gasteiger partial charge in [0.1, 0.15) is 0 Å². The lowest BCUT2D eigenvalue weighted by atomic mass is 9.87. The molecule has 1 heterocycles. The summed E-state index contributed by atoms with van der Waals surface area (Å²) in [7, 11) is -4.02. The Bertz CT molecular complexity index is 1340. The third-order valence-electron chi connectivity index (χ3n) is 5.19. The maximum Gasteiger partial charge on any atom is 0.270 e. The molecule has 0 atom stereocenters. The van der Waals surface area contributed by atoms with E-state index in [1.807, 2.05) is 52.8 Å². The maximum atomic E-state index is 12.9. The molecule has 0 unspecified atom stereocenters. The van der Waals surface area contributed by atoms with Crippen molar-refractivity contribution in [1.82, 2.24) is 9.97 Å². The van der Waals surface area contributed by atoms with E-state index in [0.29, 0.717) is 5.69 Å². The number of nitrogens with zero attached hydrogens (tertiary/aromatic N) is 1. The second-order valence-electron chi connectivity index (χ2n) is 8.80. The van der Waals surface area contributed by atoms with Gasteiger partial charge < -0.3 is 10.3 Å². The summed E-state index contributed by atoms with van der Waals surface area (Å²) in [5, 5.41) is 2.96. The van der Waals surface area contributed by atoms with Crippen LogP contribution in [0.3, 0.4) is 0 Å². The summed E-state index contributed by atoms with van der Waals surface area (Å²) in [4.78, 5) is 30.8. The lowest BCUT2D eigenvalue weighted by Crippen LogP contribution is -2.20. The molecule has 174 valence electrons. The summed E-state index contributed by atoms with van der Waals surface area (Å²) < 4.78 is 25.8. The molecule has 0 fully saturated rings. The number of sulfone groups is 1. The van der Waals surface area contributed by atoms with Gasteiger partial charge >= 0.3 is 0 Å². The van der Waals surface area contributed by atoms with Crippen molar-refractivity contribution in [3.05, 3.63) is 75.7 Å². The molecule has 0 saturated heterocycles. The number of benzene rings is 2. The average molecular weight is 486 g/mol. The minimum atomic E-state index is -4.02. The molecule has 0 bridgehead atoms. The second-order valence-corrected chi connectivity index (χ2v) is 11.7. The van der Waals surface area contributed by atoms with Gasteiger partial charge in [-0.1, -0.05) is 50.7 Å². The van der Waals surface area contributed by atoms with E-state index in [2.05, 4.69) is 15.3 Å². The standard InChI is InChI=1S/C24H27N3O4S2/c1-15-6-9-18(12-16(15)2)26-21(28)14-32-23-25-13-20(22(29)27-23)33(30,31)19-10-7-17(8-11-19)24(3,4)5/h6-13H,14H2,1-5H3,(H,26,28)(H,25,27,29). The number of thioether (sulfide) groups is 1. The Morgan fingerprint density at radius 2 is 1.73 bits per heavy atom. The maximum absolute atomic E-state index is 12.9. The van der Waals surface area contributed by atoms with Gasteiger partial charge in [-0.05, 0) is 60.2 Å². The van der Waals surface area contributed by atoms with E-state index in [4.69, 9.17) is 0 Å². The van der Waals surface area contributed by atoms with E-state index in [1.165, 1.54) is 12.1 Å². The number of carbonyl (C=O) groups is 1. The lowest BCUT2D eigenvalue weighted by molar-refractivity contribution is -0.113. The van der Waals surface area contributed by atoms with Gasteiger partial charge in [0.2, 0.25) is 15.7 Å². The van der Waals surface area contributed by atoms with Crippen LogP contribution in [0.4, 0.5) is 5.69 Å². The monoisotopic (exact) mass is 485 g/mol. The first-order valence-corrected chi connectivity index (χ1v) is 12.8. The topological polar surface area (TPSA) is 109 Å². The molecular formula is C24H27N3O4S2. The van der Waals surface area contributed by atoms with Crippen LogP contribution in [0.5, 0.6) is 0 Å². The molecule has 0 radical (unpaired) electrons. The van der Waals surface area contributed by atoms with Gasteiger partial charge in [-0.3, -0.25) is 9.59 Å². The SMILES string of the molecule is Cc1ccc(NC(=O)CSc2ncc(S(=O)(=O)c3ccc(C(C)(C)C)cc3)c(=O)[nH]2)cc1C. The van der Waals surface area contributed by atoms with Gasteiger partial charge in [-0.25, -0.2) is 13.4 Å². The van der Waals surface area contributed by atoms with Crippen LogP contribution < -0.4 is 10.9 Å². The van der Waals surface area contributed by atoms with E-state index in [0.717, 1.165) is 34.6 Å². The largest absolute Gasteiger partial charge is 0.325 e. The van der Waals surface area contributed by atoms with Gasteiger partial charge in [-0.15, -0.1) is 0 Å². The highest BCUT2D eigenvalue weighted by Gasteiger charge is 2.23. The molecule has 9 heteroatoms. The number of anilines is 1. The van der Waals surface area contributed by atoms with Crippen molar-refractivity contribution >= 4 is 33.2 Å². The summed E-state index contributed by atoms with van der Waals surface area (Å²) in [5.41, 5.74) is 2.97. The molecule has 3 rings (SSSR count). The highest BCUT2D eigenvalue weighted by molar-refractivity contribution is 7.99. The van der Waals surface area contributed by atoms with Crippen LogP contribution in [-0.2, 0) is 20.0 Å². The minimum Gasteiger partial charge on any atom is -0.325 e. The summed E-state index contributed by atoms with van der Waals surface area (Å²) in [6.45, 7) is 10.0. The number of carbonyl (C=O) groups excluding carboxylic acids is 1. The molecule has 0 saturated carbocycles. The smallest absolute Gasteiger partial charge is 0.270 e. The third-order valence-corrected chi connectivity index (χ3v) is 7.84. The van der Waals surface area contributed by atoms with Crippen LogP contribution in [0.2, 0.25) is 0 Å². The van der Waals surface area contributed by atoms with E-state index >= 15 is 0 Å². The number of hydrogen-bond acceptors (Lipinski definition) is 6. The number of rotatable bonds is 6. The van der Waals surface area contributed by atoms with Crippen molar-refractivity contribution in [3.63, 3.8) is 0 Å². The summed E-state index contributed by atoms with van der Waals surface area (Å²) in [6.07, 6.45) is 1.04. The minimum absolute atomic E-state index is 0.0101. The summed E-state index contributed by atoms with van der Waals surface area (Å²) in [5.74, 6) is -0.252. The van der Waals surface area contributed by atoms with E-state index < -0.39 is 20.3 Å². The van der Waals surface area contributed by atoms with Crippen LogP contribution in [0.25, 0.3) is 0 Å². The van der Waals surface area contributed by atoms with E-state index in [1.54, 1.807) is 12.1 Å². The molecular weight excluding hydrogens is 458 g/mol. The zero-order valence-corrected chi connectivity index (χ0v) is 20.9. The fourth-order valence-electron chi connectivity index (χ4n) is 3.04. The first kappa shape index (κ1) is 24.7. The highest BCUT2D eigenvalue weighted by Crippen LogP contribution is 2.25. The van der Waals surface area contributed by atoms with Crippen molar-refractivity contribution in [2.24, 2.45) is 0 Å². The molecule has 2 aromatic carbocycles. The molecule has 0 spiro atoms. The van der Waals surface area contributed by atoms with Crippen molar-refractivity contribution in [2.75, 3.05) is 11.1 Å². The molecule has 0 aliphatic rings. The molecule has 0 aliphatic carbocycles. The molecule has 1 aromatic heterocycles. The fourth-order valence-corrected chi connectivity index (χ4v) is 4.91. The number of aryl methyl sites for hydroxylation is 2. The van der Waals surface area contributed by atoms with Crippen LogP contribution in [0.15, 0.2) is 68.4 Å². The predicted molar refractivity (Wildman–Crippen MR) is 131 cm³/mol. The van der Waals surface area contributed by atoms with Crippen molar-refractivity contribution in [2.45, 2.75) is 55.0 Å². The summed E-state index contributed by atoms with van der Waals surface area (Å²) >= 11 is 1.02. The van der Waals surface area contributed by atoms with E-state index in [9.17, 15) is 18.0 Å². The Kier molecular flexibility index (Phi) is 7.14. The Morgan fingerprint density at radius 1 is 1.06 bits per heavy atom. The van der Waals surface area contributed by atoms with Crippen molar-refractivity contribution in [3.8, 4) is 0 Å². The highest BCUT2D eigenvalue weighted by atomic mass is 32.2. The van der Waals surface area contributed by atoms with Gasteiger partial charge in [0.15, 0.2) is 10.1 Å². The van der Waals surface area contributed by atoms with Gasteiger partial charge in [0, 0.05) is 5.69 Å². The Hall–Kier alpha value is -2.91.